The number of aliphatic carboxylic acids is 1. The number of carboxylic acids is 1. The van der Waals surface area contributed by atoms with Gasteiger partial charge in [0.2, 0.25) is 0 Å². The molecule has 0 aromatic heterocycles. The Morgan fingerprint density at radius 3 is 2.83 bits per heavy atom. The standard InChI is InChI=1S/C14H25NO3/c1-11-5-7-13(18-11)10-15-9-3-2-4-12(15)6-8-14(16)17/h11-13H,2-10H2,1H3,(H,16,17). The van der Waals surface area contributed by atoms with Crippen molar-refractivity contribution in [1.82, 2.24) is 4.90 Å². The van der Waals surface area contributed by atoms with E-state index in [4.69, 9.17) is 9.84 Å². The van der Waals surface area contributed by atoms with Gasteiger partial charge in [-0.3, -0.25) is 9.69 Å². The Bertz CT molecular complexity index is 282. The predicted octanol–water partition coefficient (Wildman–Crippen LogP) is 2.27. The zero-order chi connectivity index (χ0) is 13.0. The molecule has 0 aliphatic carbocycles. The lowest BCUT2D eigenvalue weighted by Crippen LogP contribution is -2.43. The summed E-state index contributed by atoms with van der Waals surface area (Å²) in [4.78, 5) is 13.2. The topological polar surface area (TPSA) is 49.8 Å². The van der Waals surface area contributed by atoms with E-state index in [9.17, 15) is 4.79 Å². The van der Waals surface area contributed by atoms with Gasteiger partial charge in [-0.25, -0.2) is 0 Å². The first-order valence-corrected chi connectivity index (χ1v) is 7.26. The molecule has 0 saturated carbocycles. The number of rotatable bonds is 5. The van der Waals surface area contributed by atoms with E-state index in [1.807, 2.05) is 0 Å². The highest BCUT2D eigenvalue weighted by Gasteiger charge is 2.29. The van der Waals surface area contributed by atoms with Crippen molar-refractivity contribution in [2.24, 2.45) is 0 Å². The Morgan fingerprint density at radius 1 is 1.33 bits per heavy atom. The van der Waals surface area contributed by atoms with Crippen LogP contribution in [0.1, 0.15) is 51.9 Å². The fourth-order valence-corrected chi connectivity index (χ4v) is 3.20. The van der Waals surface area contributed by atoms with Gasteiger partial charge in [-0.15, -0.1) is 0 Å². The fraction of sp³-hybridized carbons (Fsp3) is 0.929. The molecule has 0 spiro atoms. The first-order valence-electron chi connectivity index (χ1n) is 7.26. The second-order valence-electron chi connectivity index (χ2n) is 5.72. The summed E-state index contributed by atoms with van der Waals surface area (Å²) in [5, 5.41) is 8.81. The summed E-state index contributed by atoms with van der Waals surface area (Å²) in [6.07, 6.45) is 7.80. The monoisotopic (exact) mass is 255 g/mol. The molecule has 4 nitrogen and oxygen atoms in total. The number of hydrogen-bond acceptors (Lipinski definition) is 3. The summed E-state index contributed by atoms with van der Waals surface area (Å²) in [6.45, 7) is 4.24. The lowest BCUT2D eigenvalue weighted by Gasteiger charge is -2.37. The minimum atomic E-state index is -0.675. The summed E-state index contributed by atoms with van der Waals surface area (Å²) >= 11 is 0. The third-order valence-electron chi connectivity index (χ3n) is 4.20. The number of carbonyl (C=O) groups is 1. The number of ether oxygens (including phenoxy) is 1. The zero-order valence-corrected chi connectivity index (χ0v) is 11.3. The van der Waals surface area contributed by atoms with E-state index in [2.05, 4.69) is 11.8 Å². The molecule has 3 unspecified atom stereocenters. The predicted molar refractivity (Wildman–Crippen MR) is 69.7 cm³/mol. The minimum absolute atomic E-state index is 0.295. The van der Waals surface area contributed by atoms with Crippen molar-refractivity contribution in [1.29, 1.82) is 0 Å². The van der Waals surface area contributed by atoms with Crippen LogP contribution in [0.25, 0.3) is 0 Å². The first-order chi connectivity index (χ1) is 8.65. The average molecular weight is 255 g/mol. The largest absolute Gasteiger partial charge is 0.481 e. The highest BCUT2D eigenvalue weighted by atomic mass is 16.5. The summed E-state index contributed by atoms with van der Waals surface area (Å²) in [7, 11) is 0. The highest BCUT2D eigenvalue weighted by molar-refractivity contribution is 5.66. The molecule has 0 radical (unpaired) electrons. The zero-order valence-electron chi connectivity index (χ0n) is 11.3. The molecular weight excluding hydrogens is 230 g/mol. The van der Waals surface area contributed by atoms with Crippen molar-refractivity contribution in [3.8, 4) is 0 Å². The van der Waals surface area contributed by atoms with E-state index in [0.717, 1.165) is 38.8 Å². The molecule has 2 aliphatic heterocycles. The van der Waals surface area contributed by atoms with Crippen molar-refractivity contribution < 1.29 is 14.6 Å². The molecule has 1 N–H and O–H groups in total. The maximum absolute atomic E-state index is 10.7. The lowest BCUT2D eigenvalue weighted by molar-refractivity contribution is -0.137. The van der Waals surface area contributed by atoms with Crippen molar-refractivity contribution in [2.75, 3.05) is 13.1 Å². The van der Waals surface area contributed by atoms with Crippen LogP contribution in [0.3, 0.4) is 0 Å². The Kier molecular flexibility index (Phi) is 5.01. The fourth-order valence-electron chi connectivity index (χ4n) is 3.20. The Morgan fingerprint density at radius 2 is 2.17 bits per heavy atom. The van der Waals surface area contributed by atoms with Crippen molar-refractivity contribution in [3.05, 3.63) is 0 Å². The van der Waals surface area contributed by atoms with Crippen molar-refractivity contribution >= 4 is 5.97 Å². The van der Waals surface area contributed by atoms with E-state index in [1.54, 1.807) is 0 Å². The number of likely N-dealkylation sites (tertiary alicyclic amines) is 1. The molecule has 0 bridgehead atoms. The number of nitrogens with zero attached hydrogens (tertiary/aromatic N) is 1. The maximum atomic E-state index is 10.7. The van der Waals surface area contributed by atoms with Gasteiger partial charge in [-0.05, 0) is 45.6 Å². The molecule has 18 heavy (non-hydrogen) atoms. The van der Waals surface area contributed by atoms with Gasteiger partial charge in [0.05, 0.1) is 12.2 Å². The number of piperidine rings is 1. The third-order valence-corrected chi connectivity index (χ3v) is 4.20. The normalized spacial score (nSPS) is 33.7. The van der Waals surface area contributed by atoms with Crippen LogP contribution in [0, 0.1) is 0 Å². The average Bonchev–Trinajstić information content (AvgIpc) is 2.73. The summed E-state index contributed by atoms with van der Waals surface area (Å²) in [5.74, 6) is -0.675. The second-order valence-corrected chi connectivity index (χ2v) is 5.72. The van der Waals surface area contributed by atoms with E-state index in [0.29, 0.717) is 24.7 Å². The van der Waals surface area contributed by atoms with E-state index in [1.165, 1.54) is 12.8 Å². The van der Waals surface area contributed by atoms with Gasteiger partial charge in [0, 0.05) is 19.0 Å². The third kappa shape index (κ3) is 3.95. The smallest absolute Gasteiger partial charge is 0.303 e. The van der Waals surface area contributed by atoms with Gasteiger partial charge in [0.15, 0.2) is 0 Å². The molecular formula is C14H25NO3. The highest BCUT2D eigenvalue weighted by Crippen LogP contribution is 2.25. The first kappa shape index (κ1) is 13.8. The molecule has 0 amide bonds. The van der Waals surface area contributed by atoms with Gasteiger partial charge in [-0.1, -0.05) is 6.42 Å². The van der Waals surface area contributed by atoms with Crippen LogP contribution in [-0.2, 0) is 9.53 Å². The number of carboxylic acid groups (broad SMARTS) is 1. The summed E-state index contributed by atoms with van der Waals surface area (Å²) in [5.41, 5.74) is 0. The van der Waals surface area contributed by atoms with Crippen LogP contribution in [0.15, 0.2) is 0 Å². The number of hydrogen-bond donors (Lipinski definition) is 1. The van der Waals surface area contributed by atoms with E-state index >= 15 is 0 Å². The maximum Gasteiger partial charge on any atom is 0.303 e. The second kappa shape index (κ2) is 6.53. The molecule has 2 saturated heterocycles. The van der Waals surface area contributed by atoms with Crippen LogP contribution in [-0.4, -0.2) is 47.3 Å². The van der Waals surface area contributed by atoms with Crippen LogP contribution in [0.2, 0.25) is 0 Å². The van der Waals surface area contributed by atoms with Gasteiger partial charge in [-0.2, -0.15) is 0 Å². The van der Waals surface area contributed by atoms with Crippen LogP contribution < -0.4 is 0 Å². The van der Waals surface area contributed by atoms with Gasteiger partial charge in [0.1, 0.15) is 0 Å². The molecule has 0 aromatic carbocycles. The summed E-state index contributed by atoms with van der Waals surface area (Å²) in [6, 6.07) is 0.453. The van der Waals surface area contributed by atoms with Crippen LogP contribution in [0.5, 0.6) is 0 Å². The molecule has 2 rings (SSSR count). The van der Waals surface area contributed by atoms with Crippen LogP contribution in [0.4, 0.5) is 0 Å². The molecule has 104 valence electrons. The minimum Gasteiger partial charge on any atom is -0.481 e. The molecule has 2 heterocycles. The lowest BCUT2D eigenvalue weighted by atomic mass is 9.97. The van der Waals surface area contributed by atoms with Crippen molar-refractivity contribution in [2.45, 2.75) is 70.1 Å². The SMILES string of the molecule is CC1CCC(CN2CCCCC2CCC(=O)O)O1. The Hall–Kier alpha value is -0.610. The molecule has 2 fully saturated rings. The summed E-state index contributed by atoms with van der Waals surface area (Å²) < 4.78 is 5.88. The van der Waals surface area contributed by atoms with Crippen molar-refractivity contribution in [3.63, 3.8) is 0 Å². The molecule has 0 aromatic rings. The quantitative estimate of drug-likeness (QED) is 0.818. The van der Waals surface area contributed by atoms with Crippen LogP contribution >= 0.6 is 0 Å². The van der Waals surface area contributed by atoms with Gasteiger partial charge in [0.25, 0.3) is 0 Å². The Balaban J connectivity index is 1.81. The van der Waals surface area contributed by atoms with E-state index < -0.39 is 5.97 Å². The van der Waals surface area contributed by atoms with Gasteiger partial charge < -0.3 is 9.84 Å². The molecule has 2 aliphatic rings. The molecule has 4 heteroatoms. The molecule has 3 atom stereocenters. The van der Waals surface area contributed by atoms with E-state index in [-0.39, 0.29) is 0 Å². The Labute approximate surface area is 109 Å². The van der Waals surface area contributed by atoms with Gasteiger partial charge >= 0.3 is 5.97 Å².